The van der Waals surface area contributed by atoms with Gasteiger partial charge in [0.2, 0.25) is 0 Å². The second kappa shape index (κ2) is 6.16. The van der Waals surface area contributed by atoms with Crippen LogP contribution in [0.2, 0.25) is 10.0 Å². The fourth-order valence-electron chi connectivity index (χ4n) is 2.31. The molecule has 0 N–H and O–H groups in total. The van der Waals surface area contributed by atoms with E-state index in [2.05, 4.69) is 0 Å². The first kappa shape index (κ1) is 16.9. The molecule has 1 aliphatic heterocycles. The second-order valence-corrected chi connectivity index (χ2v) is 6.08. The fraction of sp³-hybridized carbons (Fsp3) is 0. The first-order valence-corrected chi connectivity index (χ1v) is 7.63. The number of carbonyl (C=O) groups is 2. The summed E-state index contributed by atoms with van der Waals surface area (Å²) in [5, 5.41) is 0.0323. The molecule has 3 rings (SSSR count). The highest BCUT2D eigenvalue weighted by Gasteiger charge is 2.41. The van der Waals surface area contributed by atoms with Crippen LogP contribution >= 0.6 is 34.8 Å². The summed E-state index contributed by atoms with van der Waals surface area (Å²) in [6, 6.07) is 6.76. The van der Waals surface area contributed by atoms with E-state index in [9.17, 15) is 18.4 Å². The third kappa shape index (κ3) is 2.69. The Morgan fingerprint density at radius 3 is 2.21 bits per heavy atom. The smallest absolute Gasteiger partial charge is 0.268 e. The molecule has 1 aliphatic rings. The van der Waals surface area contributed by atoms with E-state index >= 15 is 0 Å². The Kier molecular flexibility index (Phi) is 4.34. The minimum atomic E-state index is -1.07. The lowest BCUT2D eigenvalue weighted by Crippen LogP contribution is -2.32. The molecule has 3 nitrogen and oxygen atoms in total. The van der Waals surface area contributed by atoms with Gasteiger partial charge in [-0.3, -0.25) is 9.59 Å². The average molecular weight is 389 g/mol. The van der Waals surface area contributed by atoms with Crippen molar-refractivity contribution < 1.29 is 18.4 Å². The van der Waals surface area contributed by atoms with Crippen LogP contribution in [0.3, 0.4) is 0 Å². The van der Waals surface area contributed by atoms with Crippen molar-refractivity contribution >= 4 is 57.9 Å². The Morgan fingerprint density at radius 2 is 1.58 bits per heavy atom. The van der Waals surface area contributed by atoms with Gasteiger partial charge in [-0.15, -0.1) is 0 Å². The molecule has 0 saturated heterocycles. The Bertz CT molecular complexity index is 928. The van der Waals surface area contributed by atoms with Gasteiger partial charge in [0.15, 0.2) is 0 Å². The Morgan fingerprint density at radius 1 is 0.875 bits per heavy atom. The number of rotatable bonds is 2. The van der Waals surface area contributed by atoms with Crippen LogP contribution in [0.1, 0.15) is 5.56 Å². The van der Waals surface area contributed by atoms with E-state index in [1.165, 1.54) is 18.2 Å². The van der Waals surface area contributed by atoms with Gasteiger partial charge >= 0.3 is 0 Å². The summed E-state index contributed by atoms with van der Waals surface area (Å²) < 4.78 is 27.0. The first-order valence-electron chi connectivity index (χ1n) is 6.50. The number of imide groups is 1. The second-order valence-electron chi connectivity index (χ2n) is 4.85. The third-order valence-corrected chi connectivity index (χ3v) is 4.28. The zero-order valence-corrected chi connectivity index (χ0v) is 13.9. The molecule has 0 fully saturated rings. The zero-order valence-electron chi connectivity index (χ0n) is 11.6. The van der Waals surface area contributed by atoms with E-state index in [0.29, 0.717) is 16.0 Å². The predicted octanol–water partition coefficient (Wildman–Crippen LogP) is 4.79. The van der Waals surface area contributed by atoms with Gasteiger partial charge in [0, 0.05) is 16.7 Å². The molecule has 0 unspecified atom stereocenters. The summed E-state index contributed by atoms with van der Waals surface area (Å²) in [7, 11) is 0. The van der Waals surface area contributed by atoms with Crippen molar-refractivity contribution in [3.63, 3.8) is 0 Å². The number of benzene rings is 2. The molecule has 0 aliphatic carbocycles. The number of carbonyl (C=O) groups excluding carboxylic acids is 2. The number of hydrogen-bond donors (Lipinski definition) is 0. The van der Waals surface area contributed by atoms with E-state index < -0.39 is 34.2 Å². The lowest BCUT2D eigenvalue weighted by Gasteiger charge is -2.15. The van der Waals surface area contributed by atoms with Crippen molar-refractivity contribution in [1.29, 1.82) is 0 Å². The van der Waals surface area contributed by atoms with Gasteiger partial charge in [0.25, 0.3) is 11.8 Å². The van der Waals surface area contributed by atoms with Crippen molar-refractivity contribution in [3.05, 3.63) is 68.7 Å². The van der Waals surface area contributed by atoms with Gasteiger partial charge < -0.3 is 0 Å². The topological polar surface area (TPSA) is 37.4 Å². The van der Waals surface area contributed by atoms with Crippen LogP contribution in [0.25, 0.3) is 5.57 Å². The highest BCUT2D eigenvalue weighted by Crippen LogP contribution is 2.38. The summed E-state index contributed by atoms with van der Waals surface area (Å²) in [5.41, 5.74) is -0.383. The molecule has 2 aromatic rings. The highest BCUT2D eigenvalue weighted by atomic mass is 35.5. The minimum absolute atomic E-state index is 0.109. The summed E-state index contributed by atoms with van der Waals surface area (Å²) in [4.78, 5) is 25.5. The lowest BCUT2D eigenvalue weighted by atomic mass is 10.1. The molecule has 0 spiro atoms. The third-order valence-electron chi connectivity index (χ3n) is 3.38. The first-order chi connectivity index (χ1) is 11.3. The molecule has 0 radical (unpaired) electrons. The molecule has 2 amide bonds. The van der Waals surface area contributed by atoms with Gasteiger partial charge in [0.1, 0.15) is 16.7 Å². The van der Waals surface area contributed by atoms with Crippen LogP contribution in [-0.2, 0) is 9.59 Å². The number of nitrogens with zero attached hydrogens (tertiary/aromatic N) is 1. The summed E-state index contributed by atoms with van der Waals surface area (Å²) in [6.45, 7) is 0. The average Bonchev–Trinajstić information content (AvgIpc) is 2.71. The summed E-state index contributed by atoms with van der Waals surface area (Å²) in [5.74, 6) is -3.69. The van der Waals surface area contributed by atoms with E-state index in [1.54, 1.807) is 0 Å². The zero-order chi connectivity index (χ0) is 17.6. The maximum atomic E-state index is 13.9. The van der Waals surface area contributed by atoms with Gasteiger partial charge in [-0.05, 0) is 24.3 Å². The van der Waals surface area contributed by atoms with Crippen LogP contribution in [0.5, 0.6) is 0 Å². The molecule has 24 heavy (non-hydrogen) atoms. The van der Waals surface area contributed by atoms with Gasteiger partial charge in [-0.2, -0.15) is 0 Å². The Hall–Kier alpha value is -1.95. The van der Waals surface area contributed by atoms with Crippen LogP contribution < -0.4 is 4.90 Å². The normalized spacial score (nSPS) is 14.8. The number of amides is 2. The number of halogens is 5. The van der Waals surface area contributed by atoms with Crippen LogP contribution in [0.15, 0.2) is 41.4 Å². The van der Waals surface area contributed by atoms with Crippen molar-refractivity contribution in [2.75, 3.05) is 4.90 Å². The molecule has 0 atom stereocenters. The molecule has 0 bridgehead atoms. The molecule has 1 heterocycles. The largest absolute Gasteiger partial charge is 0.277 e. The monoisotopic (exact) mass is 387 g/mol. The summed E-state index contributed by atoms with van der Waals surface area (Å²) >= 11 is 17.8. The van der Waals surface area contributed by atoms with Crippen molar-refractivity contribution in [1.82, 2.24) is 0 Å². The Labute approximate surface area is 150 Å². The molecule has 0 saturated carbocycles. The number of hydrogen-bond acceptors (Lipinski definition) is 2. The molecule has 122 valence electrons. The maximum Gasteiger partial charge on any atom is 0.277 e. The molecule has 0 aromatic heterocycles. The fourth-order valence-corrected chi connectivity index (χ4v) is 3.08. The lowest BCUT2D eigenvalue weighted by molar-refractivity contribution is -0.119. The molecule has 2 aromatic carbocycles. The minimum Gasteiger partial charge on any atom is -0.268 e. The van der Waals surface area contributed by atoms with Gasteiger partial charge in [-0.1, -0.05) is 40.9 Å². The van der Waals surface area contributed by atoms with Gasteiger partial charge in [-0.25, -0.2) is 13.7 Å². The SMILES string of the molecule is O=C1C(Cl)=C(c2ccc(Cl)cc2Cl)C(=O)N1c1ccc(F)cc1F. The van der Waals surface area contributed by atoms with Gasteiger partial charge in [0.05, 0.1) is 16.3 Å². The highest BCUT2D eigenvalue weighted by molar-refractivity contribution is 6.60. The standard InChI is InChI=1S/C16H6Cl3F2NO2/c17-7-1-3-9(10(18)5-7)13-14(19)16(24)22(15(13)23)12-4-2-8(20)6-11(12)21/h1-6H. The van der Waals surface area contributed by atoms with E-state index in [0.717, 1.165) is 12.1 Å². The van der Waals surface area contributed by atoms with E-state index in [1.807, 2.05) is 0 Å². The van der Waals surface area contributed by atoms with Crippen molar-refractivity contribution in [3.8, 4) is 0 Å². The van der Waals surface area contributed by atoms with E-state index in [-0.39, 0.29) is 16.2 Å². The van der Waals surface area contributed by atoms with Crippen molar-refractivity contribution in [2.45, 2.75) is 0 Å². The predicted molar refractivity (Wildman–Crippen MR) is 88.1 cm³/mol. The van der Waals surface area contributed by atoms with Crippen LogP contribution in [-0.4, -0.2) is 11.8 Å². The van der Waals surface area contributed by atoms with Crippen molar-refractivity contribution in [2.24, 2.45) is 0 Å². The Balaban J connectivity index is 2.11. The van der Waals surface area contributed by atoms with E-state index in [4.69, 9.17) is 34.8 Å². The molecular weight excluding hydrogens is 383 g/mol. The quantitative estimate of drug-likeness (QED) is 0.693. The molecule has 8 heteroatoms. The molecular formula is C16H6Cl3F2NO2. The van der Waals surface area contributed by atoms with Crippen LogP contribution in [0.4, 0.5) is 14.5 Å². The summed E-state index contributed by atoms with van der Waals surface area (Å²) in [6.07, 6.45) is 0. The maximum absolute atomic E-state index is 13.9. The van der Waals surface area contributed by atoms with Crippen LogP contribution in [0, 0.1) is 11.6 Å². The number of anilines is 1.